The van der Waals surface area contributed by atoms with E-state index in [1.54, 1.807) is 13.0 Å². The molecule has 0 aliphatic heterocycles. The number of para-hydroxylation sites is 1. The van der Waals surface area contributed by atoms with E-state index >= 15 is 0 Å². The van der Waals surface area contributed by atoms with Crippen LogP contribution >= 0.6 is 0 Å². The second kappa shape index (κ2) is 6.25. The van der Waals surface area contributed by atoms with Crippen LogP contribution in [0.4, 0.5) is 0 Å². The van der Waals surface area contributed by atoms with Crippen LogP contribution in [0.25, 0.3) is 0 Å². The van der Waals surface area contributed by atoms with Crippen LogP contribution in [0.15, 0.2) is 18.2 Å². The Bertz CT molecular complexity index is 390. The molecule has 0 radical (unpaired) electrons. The summed E-state index contributed by atoms with van der Waals surface area (Å²) < 4.78 is 5.61. The first-order valence-corrected chi connectivity index (χ1v) is 5.73. The number of carbonyl (C=O) groups is 1. The van der Waals surface area contributed by atoms with Gasteiger partial charge in [0.15, 0.2) is 6.10 Å². The zero-order valence-electron chi connectivity index (χ0n) is 10.5. The fourth-order valence-corrected chi connectivity index (χ4v) is 1.55. The summed E-state index contributed by atoms with van der Waals surface area (Å²) in [5.74, 6) is 0.438. The highest BCUT2D eigenvalue weighted by Crippen LogP contribution is 2.24. The largest absolute Gasteiger partial charge is 0.480 e. The van der Waals surface area contributed by atoms with Crippen molar-refractivity contribution in [3.63, 3.8) is 0 Å². The van der Waals surface area contributed by atoms with Gasteiger partial charge in [-0.2, -0.15) is 0 Å². The molecule has 1 rings (SSSR count). The summed E-state index contributed by atoms with van der Waals surface area (Å²) in [5, 5.41) is 11.9. The fraction of sp³-hybridized carbons (Fsp3) is 0.462. The quantitative estimate of drug-likeness (QED) is 0.813. The normalized spacial score (nSPS) is 12.0. The van der Waals surface area contributed by atoms with Crippen LogP contribution in [0.5, 0.6) is 5.75 Å². The standard InChI is InChI=1S/C13H19NO3/c1-4-14-13(16)10(3)17-12-9(2)6-5-7-11(12)8-15/h5-7,10,15H,4,8H2,1-3H3,(H,14,16). The molecule has 0 bridgehead atoms. The monoisotopic (exact) mass is 237 g/mol. The van der Waals surface area contributed by atoms with Crippen molar-refractivity contribution < 1.29 is 14.6 Å². The fourth-order valence-electron chi connectivity index (χ4n) is 1.55. The molecule has 17 heavy (non-hydrogen) atoms. The van der Waals surface area contributed by atoms with Gasteiger partial charge in [-0.15, -0.1) is 0 Å². The highest BCUT2D eigenvalue weighted by Gasteiger charge is 2.16. The maximum Gasteiger partial charge on any atom is 0.260 e. The third-order valence-corrected chi connectivity index (χ3v) is 2.48. The van der Waals surface area contributed by atoms with Crippen LogP contribution < -0.4 is 10.1 Å². The predicted molar refractivity (Wildman–Crippen MR) is 65.9 cm³/mol. The lowest BCUT2D eigenvalue weighted by atomic mass is 10.1. The Balaban J connectivity index is 2.83. The molecule has 1 atom stereocenters. The molecule has 1 aromatic rings. The van der Waals surface area contributed by atoms with Crippen LogP contribution in [0.1, 0.15) is 25.0 Å². The number of aryl methyl sites for hydroxylation is 1. The number of hydrogen-bond acceptors (Lipinski definition) is 3. The Morgan fingerprint density at radius 3 is 2.82 bits per heavy atom. The van der Waals surface area contributed by atoms with Crippen molar-refractivity contribution in [2.75, 3.05) is 6.54 Å². The molecule has 2 N–H and O–H groups in total. The number of carbonyl (C=O) groups excluding carboxylic acids is 1. The van der Waals surface area contributed by atoms with E-state index in [2.05, 4.69) is 5.32 Å². The van der Waals surface area contributed by atoms with E-state index in [1.165, 1.54) is 0 Å². The molecular weight excluding hydrogens is 218 g/mol. The first-order chi connectivity index (χ1) is 8.10. The van der Waals surface area contributed by atoms with Crippen LogP contribution in [0.3, 0.4) is 0 Å². The molecule has 94 valence electrons. The molecule has 0 aliphatic carbocycles. The van der Waals surface area contributed by atoms with E-state index in [1.807, 2.05) is 26.0 Å². The number of rotatable bonds is 5. The van der Waals surface area contributed by atoms with Crippen LogP contribution in [0, 0.1) is 6.92 Å². The first kappa shape index (κ1) is 13.5. The molecule has 0 aliphatic rings. The van der Waals surface area contributed by atoms with E-state index in [-0.39, 0.29) is 12.5 Å². The van der Waals surface area contributed by atoms with Gasteiger partial charge in [0.2, 0.25) is 0 Å². The van der Waals surface area contributed by atoms with Gasteiger partial charge in [0.1, 0.15) is 5.75 Å². The van der Waals surface area contributed by atoms with Crippen molar-refractivity contribution in [3.8, 4) is 5.75 Å². The van der Waals surface area contributed by atoms with E-state index in [0.29, 0.717) is 17.9 Å². The van der Waals surface area contributed by atoms with E-state index in [4.69, 9.17) is 4.74 Å². The van der Waals surface area contributed by atoms with Crippen molar-refractivity contribution in [2.24, 2.45) is 0 Å². The Morgan fingerprint density at radius 2 is 2.24 bits per heavy atom. The average Bonchev–Trinajstić information content (AvgIpc) is 2.31. The molecule has 0 saturated carbocycles. The molecule has 0 fully saturated rings. The maximum atomic E-state index is 11.6. The molecule has 4 nitrogen and oxygen atoms in total. The zero-order valence-corrected chi connectivity index (χ0v) is 10.5. The molecule has 1 amide bonds. The number of hydrogen-bond donors (Lipinski definition) is 2. The van der Waals surface area contributed by atoms with Gasteiger partial charge in [0.05, 0.1) is 6.61 Å². The summed E-state index contributed by atoms with van der Waals surface area (Å²) in [6.07, 6.45) is -0.568. The molecule has 0 heterocycles. The molecule has 1 aromatic carbocycles. The van der Waals surface area contributed by atoms with Gasteiger partial charge in [0, 0.05) is 12.1 Å². The molecule has 0 saturated heterocycles. The Morgan fingerprint density at radius 1 is 1.53 bits per heavy atom. The lowest BCUT2D eigenvalue weighted by Gasteiger charge is -2.18. The second-order valence-electron chi connectivity index (χ2n) is 3.88. The van der Waals surface area contributed by atoms with Gasteiger partial charge < -0.3 is 15.2 Å². The zero-order chi connectivity index (χ0) is 12.8. The smallest absolute Gasteiger partial charge is 0.260 e. The predicted octanol–water partition coefficient (Wildman–Crippen LogP) is 1.39. The Kier molecular flexibility index (Phi) is 4.97. The van der Waals surface area contributed by atoms with Crippen molar-refractivity contribution >= 4 is 5.91 Å². The summed E-state index contributed by atoms with van der Waals surface area (Å²) in [4.78, 5) is 11.6. The maximum absolute atomic E-state index is 11.6. The summed E-state index contributed by atoms with van der Waals surface area (Å²) >= 11 is 0. The summed E-state index contributed by atoms with van der Waals surface area (Å²) in [5.41, 5.74) is 1.61. The van der Waals surface area contributed by atoms with E-state index < -0.39 is 6.10 Å². The van der Waals surface area contributed by atoms with Crippen molar-refractivity contribution in [3.05, 3.63) is 29.3 Å². The molecule has 1 unspecified atom stereocenters. The highest BCUT2D eigenvalue weighted by molar-refractivity contribution is 5.80. The van der Waals surface area contributed by atoms with Crippen molar-refractivity contribution in [1.29, 1.82) is 0 Å². The van der Waals surface area contributed by atoms with Crippen molar-refractivity contribution in [1.82, 2.24) is 5.32 Å². The van der Waals surface area contributed by atoms with Crippen LogP contribution in [0.2, 0.25) is 0 Å². The first-order valence-electron chi connectivity index (χ1n) is 5.73. The number of aliphatic hydroxyl groups is 1. The number of ether oxygens (including phenoxy) is 1. The molecule has 0 aromatic heterocycles. The van der Waals surface area contributed by atoms with Gasteiger partial charge >= 0.3 is 0 Å². The number of aliphatic hydroxyl groups excluding tert-OH is 1. The third-order valence-electron chi connectivity index (χ3n) is 2.48. The highest BCUT2D eigenvalue weighted by atomic mass is 16.5. The SMILES string of the molecule is CCNC(=O)C(C)Oc1c(C)cccc1CO. The summed E-state index contributed by atoms with van der Waals surface area (Å²) in [6, 6.07) is 5.52. The lowest BCUT2D eigenvalue weighted by Crippen LogP contribution is -2.36. The molecule has 4 heteroatoms. The summed E-state index contributed by atoms with van der Waals surface area (Å²) in [6.45, 7) is 5.92. The second-order valence-corrected chi connectivity index (χ2v) is 3.88. The Hall–Kier alpha value is -1.55. The molecule has 0 spiro atoms. The number of benzene rings is 1. The topological polar surface area (TPSA) is 58.6 Å². The number of nitrogens with one attached hydrogen (secondary N) is 1. The van der Waals surface area contributed by atoms with Gasteiger partial charge in [-0.05, 0) is 26.3 Å². The van der Waals surface area contributed by atoms with Crippen LogP contribution in [-0.2, 0) is 11.4 Å². The van der Waals surface area contributed by atoms with Crippen LogP contribution in [-0.4, -0.2) is 23.7 Å². The number of likely N-dealkylation sites (N-methyl/N-ethyl adjacent to an activating group) is 1. The minimum absolute atomic E-state index is 0.0981. The minimum atomic E-state index is -0.568. The van der Waals surface area contributed by atoms with Gasteiger partial charge in [-0.3, -0.25) is 4.79 Å². The Labute approximate surface area is 102 Å². The number of amides is 1. The van der Waals surface area contributed by atoms with Gasteiger partial charge in [-0.1, -0.05) is 18.2 Å². The van der Waals surface area contributed by atoms with E-state index in [9.17, 15) is 9.90 Å². The summed E-state index contributed by atoms with van der Waals surface area (Å²) in [7, 11) is 0. The van der Waals surface area contributed by atoms with E-state index in [0.717, 1.165) is 5.56 Å². The third kappa shape index (κ3) is 3.46. The van der Waals surface area contributed by atoms with Gasteiger partial charge in [-0.25, -0.2) is 0 Å². The van der Waals surface area contributed by atoms with Crippen molar-refractivity contribution in [2.45, 2.75) is 33.5 Å². The molecular formula is C13H19NO3. The average molecular weight is 237 g/mol. The van der Waals surface area contributed by atoms with Gasteiger partial charge in [0.25, 0.3) is 5.91 Å². The lowest BCUT2D eigenvalue weighted by molar-refractivity contribution is -0.127. The minimum Gasteiger partial charge on any atom is -0.480 e.